The molecule has 0 saturated heterocycles. The highest BCUT2D eigenvalue weighted by molar-refractivity contribution is 6.32. The molecule has 1 N–H and O–H groups in total. The van der Waals surface area contributed by atoms with Gasteiger partial charge in [-0.1, -0.05) is 11.6 Å². The Morgan fingerprint density at radius 3 is 2.74 bits per heavy atom. The van der Waals surface area contributed by atoms with E-state index in [0.717, 1.165) is 24.3 Å². The van der Waals surface area contributed by atoms with E-state index < -0.39 is 16.6 Å². The van der Waals surface area contributed by atoms with E-state index in [1.165, 1.54) is 13.2 Å². The van der Waals surface area contributed by atoms with Crippen LogP contribution in [0.5, 0.6) is 11.5 Å². The molecule has 2 aromatic carbocycles. The van der Waals surface area contributed by atoms with Crippen molar-refractivity contribution in [3.05, 3.63) is 62.9 Å². The van der Waals surface area contributed by atoms with E-state index in [-0.39, 0.29) is 11.4 Å². The van der Waals surface area contributed by atoms with Gasteiger partial charge in [0.1, 0.15) is 5.82 Å². The molecule has 0 spiro atoms. The lowest BCUT2D eigenvalue weighted by molar-refractivity contribution is -0.384. The fraction of sp³-hybridized carbons (Fsp3) is 0.167. The third-order valence-electron chi connectivity index (χ3n) is 3.38. The first-order valence-corrected chi connectivity index (χ1v) is 8.16. The van der Waals surface area contributed by atoms with Crippen LogP contribution in [-0.4, -0.2) is 24.5 Å². The zero-order chi connectivity index (χ0) is 20.0. The molecule has 0 atom stereocenters. The number of anilines is 1. The number of nitro groups is 1. The van der Waals surface area contributed by atoms with E-state index in [1.807, 2.05) is 0 Å². The molecule has 2 aromatic rings. The quantitative estimate of drug-likeness (QED) is 0.425. The number of amides is 1. The normalized spacial score (nSPS) is 10.7. The molecule has 9 heteroatoms. The van der Waals surface area contributed by atoms with Crippen LogP contribution in [0.4, 0.5) is 15.8 Å². The van der Waals surface area contributed by atoms with Gasteiger partial charge in [-0.15, -0.1) is 0 Å². The lowest BCUT2D eigenvalue weighted by Crippen LogP contribution is -2.09. The second-order valence-corrected chi connectivity index (χ2v) is 5.62. The molecule has 7 nitrogen and oxygen atoms in total. The zero-order valence-electron chi connectivity index (χ0n) is 14.5. The maximum absolute atomic E-state index is 13.7. The molecule has 142 valence electrons. The molecule has 0 unspecified atom stereocenters. The van der Waals surface area contributed by atoms with Crippen molar-refractivity contribution in [2.45, 2.75) is 6.92 Å². The van der Waals surface area contributed by atoms with Crippen molar-refractivity contribution in [3.8, 4) is 11.5 Å². The molecule has 0 heterocycles. The lowest BCUT2D eigenvalue weighted by Gasteiger charge is -2.11. The number of nitro benzene ring substituents is 1. The van der Waals surface area contributed by atoms with Crippen molar-refractivity contribution >= 4 is 35.0 Å². The molecule has 0 bridgehead atoms. The minimum absolute atomic E-state index is 0.290. The molecular formula is C18H16ClFN2O5. The molecular weight excluding hydrogens is 379 g/mol. The first kappa shape index (κ1) is 20.2. The molecule has 0 aromatic heterocycles. The number of ether oxygens (including phenoxy) is 2. The first-order chi connectivity index (χ1) is 12.8. The summed E-state index contributed by atoms with van der Waals surface area (Å²) in [6.45, 7) is 2.20. The Kier molecular flexibility index (Phi) is 6.73. The van der Waals surface area contributed by atoms with E-state index in [0.29, 0.717) is 28.7 Å². The summed E-state index contributed by atoms with van der Waals surface area (Å²) in [7, 11) is 1.46. The predicted octanol–water partition coefficient (Wildman–Crippen LogP) is 4.45. The Morgan fingerprint density at radius 1 is 1.37 bits per heavy atom. The summed E-state index contributed by atoms with van der Waals surface area (Å²) in [4.78, 5) is 22.1. The standard InChI is InChI=1S/C18H16ClFN2O5/c1-3-27-16-9-11(8-13(19)18(16)26-2)4-7-17(23)21-15-10-12(22(24)25)5-6-14(15)20/h4-10H,3H2,1-2H3,(H,21,23)/b7-4+. The van der Waals surface area contributed by atoms with Crippen LogP contribution >= 0.6 is 11.6 Å². The summed E-state index contributed by atoms with van der Waals surface area (Å²) in [6, 6.07) is 6.07. The van der Waals surface area contributed by atoms with Crippen LogP contribution in [0.1, 0.15) is 12.5 Å². The van der Waals surface area contributed by atoms with Crippen LogP contribution in [0.3, 0.4) is 0 Å². The number of benzene rings is 2. The van der Waals surface area contributed by atoms with Gasteiger partial charge in [-0.25, -0.2) is 4.39 Å². The molecule has 2 rings (SSSR count). The number of halogens is 2. The summed E-state index contributed by atoms with van der Waals surface area (Å²) < 4.78 is 24.3. The number of nitrogens with zero attached hydrogens (tertiary/aromatic N) is 1. The largest absolute Gasteiger partial charge is 0.491 e. The number of hydrogen-bond donors (Lipinski definition) is 1. The molecule has 0 saturated carbocycles. The SMILES string of the molecule is CCOc1cc(/C=C/C(=O)Nc2cc([N+](=O)[O-])ccc2F)cc(Cl)c1OC. The number of carbonyl (C=O) groups is 1. The number of rotatable bonds is 7. The summed E-state index contributed by atoms with van der Waals surface area (Å²) in [5, 5.41) is 13.3. The second kappa shape index (κ2) is 9.00. The van der Waals surface area contributed by atoms with Crippen molar-refractivity contribution in [1.29, 1.82) is 0 Å². The molecule has 0 aliphatic rings. The van der Waals surface area contributed by atoms with Crippen molar-refractivity contribution in [3.63, 3.8) is 0 Å². The van der Waals surface area contributed by atoms with E-state index in [1.54, 1.807) is 19.1 Å². The fourth-order valence-corrected chi connectivity index (χ4v) is 2.51. The first-order valence-electron chi connectivity index (χ1n) is 7.79. The van der Waals surface area contributed by atoms with Gasteiger partial charge < -0.3 is 14.8 Å². The average Bonchev–Trinajstić information content (AvgIpc) is 2.62. The van der Waals surface area contributed by atoms with Crippen LogP contribution < -0.4 is 14.8 Å². The summed E-state index contributed by atoms with van der Waals surface area (Å²) in [5.74, 6) is -0.663. The Hall–Kier alpha value is -3.13. The van der Waals surface area contributed by atoms with E-state index >= 15 is 0 Å². The Morgan fingerprint density at radius 2 is 2.11 bits per heavy atom. The predicted molar refractivity (Wildman–Crippen MR) is 99.9 cm³/mol. The van der Waals surface area contributed by atoms with E-state index in [9.17, 15) is 19.3 Å². The van der Waals surface area contributed by atoms with Crippen LogP contribution in [0.25, 0.3) is 6.08 Å². The molecule has 0 aliphatic heterocycles. The molecule has 0 aliphatic carbocycles. The molecule has 1 amide bonds. The number of nitrogens with one attached hydrogen (secondary N) is 1. The Bertz CT molecular complexity index is 902. The van der Waals surface area contributed by atoms with Gasteiger partial charge in [0.25, 0.3) is 5.69 Å². The monoisotopic (exact) mass is 394 g/mol. The van der Waals surface area contributed by atoms with Gasteiger partial charge >= 0.3 is 0 Å². The maximum Gasteiger partial charge on any atom is 0.271 e. The van der Waals surface area contributed by atoms with Crippen LogP contribution in [-0.2, 0) is 4.79 Å². The second-order valence-electron chi connectivity index (χ2n) is 5.21. The Labute approximate surface area is 159 Å². The fourth-order valence-electron chi connectivity index (χ4n) is 2.21. The Balaban J connectivity index is 2.20. The van der Waals surface area contributed by atoms with Gasteiger partial charge in [0.05, 0.1) is 29.4 Å². The van der Waals surface area contributed by atoms with Gasteiger partial charge in [0.15, 0.2) is 11.5 Å². The smallest absolute Gasteiger partial charge is 0.271 e. The third-order valence-corrected chi connectivity index (χ3v) is 3.66. The van der Waals surface area contributed by atoms with Gasteiger partial charge in [-0.2, -0.15) is 0 Å². The van der Waals surface area contributed by atoms with Gasteiger partial charge in [0.2, 0.25) is 5.91 Å². The lowest BCUT2D eigenvalue weighted by atomic mass is 10.2. The maximum atomic E-state index is 13.7. The number of methoxy groups -OCH3 is 1. The highest BCUT2D eigenvalue weighted by atomic mass is 35.5. The van der Waals surface area contributed by atoms with Crippen molar-refractivity contribution < 1.29 is 23.6 Å². The van der Waals surface area contributed by atoms with E-state index in [4.69, 9.17) is 21.1 Å². The van der Waals surface area contributed by atoms with Gasteiger partial charge in [-0.05, 0) is 36.8 Å². The number of hydrogen-bond acceptors (Lipinski definition) is 5. The minimum Gasteiger partial charge on any atom is -0.491 e. The number of carbonyl (C=O) groups excluding carboxylic acids is 1. The van der Waals surface area contributed by atoms with Crippen molar-refractivity contribution in [1.82, 2.24) is 0 Å². The van der Waals surface area contributed by atoms with E-state index in [2.05, 4.69) is 5.32 Å². The molecule has 0 fully saturated rings. The summed E-state index contributed by atoms with van der Waals surface area (Å²) in [6.07, 6.45) is 2.59. The summed E-state index contributed by atoms with van der Waals surface area (Å²) in [5.41, 5.74) is -0.0699. The van der Waals surface area contributed by atoms with Crippen molar-refractivity contribution in [2.24, 2.45) is 0 Å². The number of non-ortho nitro benzene ring substituents is 1. The molecule has 0 radical (unpaired) electrons. The zero-order valence-corrected chi connectivity index (χ0v) is 15.2. The highest BCUT2D eigenvalue weighted by Crippen LogP contribution is 2.36. The van der Waals surface area contributed by atoms with Gasteiger partial charge in [0, 0.05) is 18.2 Å². The summed E-state index contributed by atoms with van der Waals surface area (Å²) >= 11 is 6.13. The third kappa shape index (κ3) is 5.18. The topological polar surface area (TPSA) is 90.7 Å². The van der Waals surface area contributed by atoms with Crippen molar-refractivity contribution in [2.75, 3.05) is 19.0 Å². The van der Waals surface area contributed by atoms with Gasteiger partial charge in [-0.3, -0.25) is 14.9 Å². The average molecular weight is 395 g/mol. The minimum atomic E-state index is -0.784. The van der Waals surface area contributed by atoms with Crippen LogP contribution in [0, 0.1) is 15.9 Å². The highest BCUT2D eigenvalue weighted by Gasteiger charge is 2.13. The van der Waals surface area contributed by atoms with Crippen LogP contribution in [0.15, 0.2) is 36.4 Å². The van der Waals surface area contributed by atoms with Crippen LogP contribution in [0.2, 0.25) is 5.02 Å². The molecule has 27 heavy (non-hydrogen) atoms.